The molecule has 2 heterocycles. The number of hydrogen-bond acceptors (Lipinski definition) is 6. The minimum atomic E-state index is -3.22. The van der Waals surface area contributed by atoms with E-state index >= 15 is 0 Å². The zero-order valence-corrected chi connectivity index (χ0v) is 17.6. The van der Waals surface area contributed by atoms with Crippen LogP contribution < -0.4 is 10.0 Å². The van der Waals surface area contributed by atoms with E-state index in [1.165, 1.54) is 34.8 Å². The molecule has 1 amide bonds. The monoisotopic (exact) mass is 439 g/mol. The number of anilines is 1. The van der Waals surface area contributed by atoms with Crippen molar-refractivity contribution in [2.75, 3.05) is 18.1 Å². The molecule has 0 aliphatic carbocycles. The van der Waals surface area contributed by atoms with Gasteiger partial charge in [-0.1, -0.05) is 0 Å². The van der Waals surface area contributed by atoms with Gasteiger partial charge in [0.1, 0.15) is 5.82 Å². The van der Waals surface area contributed by atoms with Crippen LogP contribution in [0.25, 0.3) is 11.3 Å². The Balaban J connectivity index is 1.65. The molecule has 0 bridgehead atoms. The third-order valence-electron chi connectivity index (χ3n) is 3.76. The highest BCUT2D eigenvalue weighted by Gasteiger charge is 2.15. The van der Waals surface area contributed by atoms with Crippen molar-refractivity contribution >= 4 is 43.7 Å². The Morgan fingerprint density at radius 3 is 2.54 bits per heavy atom. The van der Waals surface area contributed by atoms with Gasteiger partial charge in [-0.2, -0.15) is 0 Å². The molecule has 0 radical (unpaired) electrons. The Morgan fingerprint density at radius 1 is 1.14 bits per heavy atom. The topological polar surface area (TPSA) is 88.2 Å². The van der Waals surface area contributed by atoms with Gasteiger partial charge in [0.05, 0.1) is 16.8 Å². The van der Waals surface area contributed by atoms with Crippen molar-refractivity contribution in [3.8, 4) is 11.3 Å². The van der Waals surface area contributed by atoms with E-state index in [0.717, 1.165) is 21.6 Å². The van der Waals surface area contributed by atoms with Crippen molar-refractivity contribution < 1.29 is 17.6 Å². The Bertz CT molecular complexity index is 1090. The van der Waals surface area contributed by atoms with E-state index in [-0.39, 0.29) is 18.3 Å². The number of aryl methyl sites for hydroxylation is 1. The molecule has 0 unspecified atom stereocenters. The molecule has 28 heavy (non-hydrogen) atoms. The maximum absolute atomic E-state index is 13.1. The summed E-state index contributed by atoms with van der Waals surface area (Å²) in [6.45, 7) is 2.18. The number of thiazole rings is 1. The van der Waals surface area contributed by atoms with Gasteiger partial charge in [-0.05, 0) is 49.7 Å². The van der Waals surface area contributed by atoms with Crippen LogP contribution in [0.3, 0.4) is 0 Å². The Hall–Kier alpha value is -2.14. The number of sulfonamides is 1. The van der Waals surface area contributed by atoms with Crippen LogP contribution >= 0.6 is 22.7 Å². The summed E-state index contributed by atoms with van der Waals surface area (Å²) in [5, 5.41) is 3.26. The first kappa shape index (κ1) is 20.6. The number of nitrogens with zero attached hydrogens (tertiary/aromatic N) is 1. The van der Waals surface area contributed by atoms with E-state index in [1.807, 2.05) is 6.92 Å². The predicted molar refractivity (Wildman–Crippen MR) is 111 cm³/mol. The number of nitrogens with one attached hydrogen (secondary N) is 2. The molecule has 0 aliphatic heterocycles. The fourth-order valence-electron chi connectivity index (χ4n) is 2.48. The summed E-state index contributed by atoms with van der Waals surface area (Å²) in [6, 6.07) is 9.56. The molecule has 0 fully saturated rings. The van der Waals surface area contributed by atoms with Crippen LogP contribution in [0.4, 0.5) is 9.52 Å². The molecule has 3 rings (SSSR count). The summed E-state index contributed by atoms with van der Waals surface area (Å²) in [5.41, 5.74) is 1.49. The summed E-state index contributed by atoms with van der Waals surface area (Å²) in [4.78, 5) is 19.3. The van der Waals surface area contributed by atoms with Gasteiger partial charge in [0.2, 0.25) is 10.0 Å². The summed E-state index contributed by atoms with van der Waals surface area (Å²) in [6.07, 6.45) is 1.62. The highest BCUT2D eigenvalue weighted by molar-refractivity contribution is 7.88. The van der Waals surface area contributed by atoms with E-state index < -0.39 is 10.0 Å². The largest absolute Gasteiger partial charge is 0.297 e. The number of aromatic nitrogens is 1. The zero-order valence-electron chi connectivity index (χ0n) is 15.2. The van der Waals surface area contributed by atoms with Crippen LogP contribution in [0, 0.1) is 12.7 Å². The van der Waals surface area contributed by atoms with Gasteiger partial charge in [0.15, 0.2) is 5.13 Å². The maximum atomic E-state index is 13.1. The lowest BCUT2D eigenvalue weighted by Crippen LogP contribution is -2.24. The Morgan fingerprint density at radius 2 is 1.86 bits per heavy atom. The minimum absolute atomic E-state index is 0.272. The number of carbonyl (C=O) groups is 1. The molecule has 10 heteroatoms. The third kappa shape index (κ3) is 5.44. The van der Waals surface area contributed by atoms with Crippen LogP contribution in [0.15, 0.2) is 36.4 Å². The van der Waals surface area contributed by atoms with Gasteiger partial charge >= 0.3 is 0 Å². The fourth-order valence-corrected chi connectivity index (χ4v) is 4.68. The standard InChI is InChI=1S/C18H18FN3O3S3/c1-11-16(12-3-5-13(19)6-4-12)21-18(26-11)22-17(23)15-8-7-14(27-15)9-10-20-28(2,24)25/h3-8,20H,9-10H2,1-2H3,(H,21,22,23). The normalized spacial score (nSPS) is 11.5. The smallest absolute Gasteiger partial charge is 0.267 e. The van der Waals surface area contributed by atoms with Crippen LogP contribution in [-0.4, -0.2) is 32.1 Å². The molecule has 2 N–H and O–H groups in total. The highest BCUT2D eigenvalue weighted by atomic mass is 32.2. The van der Waals surface area contributed by atoms with Gasteiger partial charge in [0, 0.05) is 21.9 Å². The van der Waals surface area contributed by atoms with Gasteiger partial charge in [-0.15, -0.1) is 22.7 Å². The second-order valence-corrected chi connectivity index (χ2v) is 10.3. The summed E-state index contributed by atoms with van der Waals surface area (Å²) in [7, 11) is -3.22. The van der Waals surface area contributed by atoms with Gasteiger partial charge < -0.3 is 0 Å². The molecule has 0 saturated carbocycles. The number of rotatable bonds is 7. The van der Waals surface area contributed by atoms with E-state index in [9.17, 15) is 17.6 Å². The minimum Gasteiger partial charge on any atom is -0.297 e. The molecule has 148 valence electrons. The maximum Gasteiger partial charge on any atom is 0.267 e. The number of thiophene rings is 1. The van der Waals surface area contributed by atoms with E-state index in [1.54, 1.807) is 24.3 Å². The first-order valence-corrected chi connectivity index (χ1v) is 11.8. The van der Waals surface area contributed by atoms with Crippen LogP contribution in [-0.2, 0) is 16.4 Å². The SMILES string of the molecule is Cc1sc(NC(=O)c2ccc(CCNS(C)(=O)=O)s2)nc1-c1ccc(F)cc1. The highest BCUT2D eigenvalue weighted by Crippen LogP contribution is 2.31. The number of amides is 1. The predicted octanol–water partition coefficient (Wildman–Crippen LogP) is 3.66. The molecule has 0 atom stereocenters. The van der Waals surface area contributed by atoms with Crippen molar-refractivity contribution in [3.05, 3.63) is 56.8 Å². The van der Waals surface area contributed by atoms with Crippen LogP contribution in [0.1, 0.15) is 19.4 Å². The lowest BCUT2D eigenvalue weighted by atomic mass is 10.1. The number of benzene rings is 1. The van der Waals surface area contributed by atoms with Gasteiger partial charge in [0.25, 0.3) is 5.91 Å². The number of carbonyl (C=O) groups excluding carboxylic acids is 1. The lowest BCUT2D eigenvalue weighted by Gasteiger charge is -2.00. The molecule has 6 nitrogen and oxygen atoms in total. The molecular formula is C18H18FN3O3S3. The second-order valence-electron chi connectivity index (χ2n) is 6.07. The molecular weight excluding hydrogens is 421 g/mol. The fraction of sp³-hybridized carbons (Fsp3) is 0.222. The molecule has 0 spiro atoms. The van der Waals surface area contributed by atoms with Gasteiger partial charge in [-0.25, -0.2) is 22.5 Å². The van der Waals surface area contributed by atoms with Crippen molar-refractivity contribution in [3.63, 3.8) is 0 Å². The molecule has 1 aromatic carbocycles. The number of halogens is 1. The van der Waals surface area contributed by atoms with Crippen molar-refractivity contribution in [2.45, 2.75) is 13.3 Å². The summed E-state index contributed by atoms with van der Waals surface area (Å²) in [5.74, 6) is -0.586. The van der Waals surface area contributed by atoms with Crippen molar-refractivity contribution in [1.82, 2.24) is 9.71 Å². The Labute approximate surface area is 170 Å². The first-order valence-electron chi connectivity index (χ1n) is 8.29. The molecule has 0 saturated heterocycles. The van der Waals surface area contributed by atoms with Crippen molar-refractivity contribution in [1.29, 1.82) is 0 Å². The van der Waals surface area contributed by atoms with Crippen LogP contribution in [0.2, 0.25) is 0 Å². The van der Waals surface area contributed by atoms with E-state index in [4.69, 9.17) is 0 Å². The summed E-state index contributed by atoms with van der Waals surface area (Å²) < 4.78 is 37.7. The summed E-state index contributed by atoms with van der Waals surface area (Å²) >= 11 is 2.66. The quantitative estimate of drug-likeness (QED) is 0.588. The van der Waals surface area contributed by atoms with Gasteiger partial charge in [-0.3, -0.25) is 10.1 Å². The van der Waals surface area contributed by atoms with Crippen molar-refractivity contribution in [2.24, 2.45) is 0 Å². The van der Waals surface area contributed by atoms with E-state index in [0.29, 0.717) is 22.1 Å². The zero-order chi connectivity index (χ0) is 20.3. The second kappa shape index (κ2) is 8.48. The lowest BCUT2D eigenvalue weighted by molar-refractivity contribution is 0.103. The third-order valence-corrected chi connectivity index (χ3v) is 6.51. The van der Waals surface area contributed by atoms with E-state index in [2.05, 4.69) is 15.0 Å². The first-order chi connectivity index (χ1) is 13.2. The van der Waals surface area contributed by atoms with Crippen LogP contribution in [0.5, 0.6) is 0 Å². The molecule has 2 aromatic heterocycles. The average Bonchev–Trinajstić information content (AvgIpc) is 3.21. The molecule has 0 aliphatic rings. The average molecular weight is 440 g/mol. The number of hydrogen-bond donors (Lipinski definition) is 2. The Kier molecular flexibility index (Phi) is 6.23. The molecule has 3 aromatic rings.